The van der Waals surface area contributed by atoms with Crippen molar-refractivity contribution in [2.45, 2.75) is 33.3 Å². The van der Waals surface area contributed by atoms with Gasteiger partial charge in [0.1, 0.15) is 29.3 Å². The fraction of sp³-hybridized carbons (Fsp3) is 0.500. The molecule has 0 saturated heterocycles. The molecule has 7 heteroatoms. The number of alkyl carbamates (subject to hydrolysis) is 1. The molecule has 0 aliphatic carbocycles. The highest BCUT2D eigenvalue weighted by Gasteiger charge is 2.18. The second kappa shape index (κ2) is 7.71. The Bertz CT molecular complexity index is 553. The molecular weight excluding hydrogens is 300 g/mol. The molecule has 0 radical (unpaired) electrons. The van der Waals surface area contributed by atoms with Crippen molar-refractivity contribution < 1.29 is 23.8 Å². The van der Waals surface area contributed by atoms with Gasteiger partial charge >= 0.3 is 6.09 Å². The summed E-state index contributed by atoms with van der Waals surface area (Å²) in [7, 11) is 3.01. The van der Waals surface area contributed by atoms with E-state index < -0.39 is 17.6 Å². The van der Waals surface area contributed by atoms with Crippen molar-refractivity contribution in [1.29, 1.82) is 0 Å². The molecule has 1 aromatic rings. The van der Waals surface area contributed by atoms with Crippen LogP contribution in [0.1, 0.15) is 26.3 Å². The van der Waals surface area contributed by atoms with E-state index in [2.05, 4.69) is 10.6 Å². The molecule has 0 aliphatic heterocycles. The van der Waals surface area contributed by atoms with Gasteiger partial charge in [-0.15, -0.1) is 0 Å². The lowest BCUT2D eigenvalue weighted by Crippen LogP contribution is -2.37. The average Bonchev–Trinajstić information content (AvgIpc) is 2.44. The number of anilines is 1. The van der Waals surface area contributed by atoms with Crippen LogP contribution in [0.5, 0.6) is 11.5 Å². The number of ether oxygens (including phenoxy) is 3. The zero-order valence-corrected chi connectivity index (χ0v) is 14.4. The normalized spacial score (nSPS) is 10.7. The number of methoxy groups -OCH3 is 2. The van der Waals surface area contributed by atoms with Crippen LogP contribution in [0.15, 0.2) is 12.1 Å². The second-order valence-corrected chi connectivity index (χ2v) is 5.95. The van der Waals surface area contributed by atoms with Crippen LogP contribution in [0.3, 0.4) is 0 Å². The second-order valence-electron chi connectivity index (χ2n) is 5.95. The minimum Gasteiger partial charge on any atom is -0.494 e. The van der Waals surface area contributed by atoms with Crippen molar-refractivity contribution in [2.24, 2.45) is 0 Å². The van der Waals surface area contributed by atoms with E-state index >= 15 is 0 Å². The van der Waals surface area contributed by atoms with Gasteiger partial charge in [-0.2, -0.15) is 0 Å². The van der Waals surface area contributed by atoms with Gasteiger partial charge in [-0.3, -0.25) is 4.79 Å². The van der Waals surface area contributed by atoms with Gasteiger partial charge in [0.2, 0.25) is 5.91 Å². The molecule has 1 aromatic carbocycles. The van der Waals surface area contributed by atoms with Gasteiger partial charge in [-0.25, -0.2) is 4.79 Å². The fourth-order valence-electron chi connectivity index (χ4n) is 1.82. The van der Waals surface area contributed by atoms with Crippen LogP contribution in [0, 0.1) is 6.92 Å². The standard InChI is InChI=1S/C16H24N2O5/c1-10-7-11(21-5)14(12(8-10)22-6)18-13(19)9-17-15(20)23-16(2,3)4/h7-8H,9H2,1-6H3,(H,17,20)(H,18,19). The molecule has 23 heavy (non-hydrogen) atoms. The number of hydrogen-bond acceptors (Lipinski definition) is 5. The van der Waals surface area contributed by atoms with Gasteiger partial charge in [0.25, 0.3) is 0 Å². The first kappa shape index (κ1) is 18.6. The van der Waals surface area contributed by atoms with Crippen molar-refractivity contribution >= 4 is 17.7 Å². The van der Waals surface area contributed by atoms with Gasteiger partial charge in [0.05, 0.1) is 14.2 Å². The smallest absolute Gasteiger partial charge is 0.408 e. The average molecular weight is 324 g/mol. The summed E-state index contributed by atoms with van der Waals surface area (Å²) in [5.41, 5.74) is 0.726. The minimum atomic E-state index is -0.657. The molecule has 0 fully saturated rings. The zero-order valence-electron chi connectivity index (χ0n) is 14.4. The van der Waals surface area contributed by atoms with Gasteiger partial charge in [0, 0.05) is 0 Å². The minimum absolute atomic E-state index is 0.227. The molecule has 7 nitrogen and oxygen atoms in total. The molecule has 1 rings (SSSR count). The van der Waals surface area contributed by atoms with Crippen molar-refractivity contribution in [3.63, 3.8) is 0 Å². The number of carbonyl (C=O) groups excluding carboxylic acids is 2. The quantitative estimate of drug-likeness (QED) is 0.869. The summed E-state index contributed by atoms with van der Waals surface area (Å²) in [5.74, 6) is 0.538. The molecule has 0 aliphatic rings. The lowest BCUT2D eigenvalue weighted by atomic mass is 10.2. The lowest BCUT2D eigenvalue weighted by Gasteiger charge is -2.20. The summed E-state index contributed by atoms with van der Waals surface area (Å²) in [4.78, 5) is 23.6. The Kier molecular flexibility index (Phi) is 6.24. The van der Waals surface area contributed by atoms with Crippen LogP contribution in [0.4, 0.5) is 10.5 Å². The maximum Gasteiger partial charge on any atom is 0.408 e. The maximum absolute atomic E-state index is 12.0. The Morgan fingerprint density at radius 2 is 1.61 bits per heavy atom. The number of amides is 2. The van der Waals surface area contributed by atoms with Crippen LogP contribution in [-0.2, 0) is 9.53 Å². The molecule has 2 N–H and O–H groups in total. The van der Waals surface area contributed by atoms with E-state index in [9.17, 15) is 9.59 Å². The summed E-state index contributed by atoms with van der Waals surface area (Å²) < 4.78 is 15.6. The summed E-state index contributed by atoms with van der Waals surface area (Å²) in [5, 5.41) is 5.06. The molecule has 0 spiro atoms. The summed E-state index contributed by atoms with van der Waals surface area (Å²) in [6.45, 7) is 6.90. The van der Waals surface area contributed by atoms with Gasteiger partial charge in [0.15, 0.2) is 0 Å². The van der Waals surface area contributed by atoms with Crippen molar-refractivity contribution in [1.82, 2.24) is 5.32 Å². The first-order valence-electron chi connectivity index (χ1n) is 7.15. The molecule has 0 unspecified atom stereocenters. The number of benzene rings is 1. The maximum atomic E-state index is 12.0. The number of rotatable bonds is 5. The third-order valence-electron chi connectivity index (χ3n) is 2.71. The van der Waals surface area contributed by atoms with E-state index in [4.69, 9.17) is 14.2 Å². The van der Waals surface area contributed by atoms with Gasteiger partial charge < -0.3 is 24.8 Å². The first-order chi connectivity index (χ1) is 10.7. The van der Waals surface area contributed by atoms with Gasteiger partial charge in [-0.05, 0) is 45.4 Å². The molecule has 0 heterocycles. The Morgan fingerprint density at radius 3 is 2.04 bits per heavy atom. The fourth-order valence-corrected chi connectivity index (χ4v) is 1.82. The van der Waals surface area contributed by atoms with E-state index in [-0.39, 0.29) is 6.54 Å². The highest BCUT2D eigenvalue weighted by molar-refractivity contribution is 5.96. The molecule has 0 aromatic heterocycles. The molecule has 0 atom stereocenters. The largest absolute Gasteiger partial charge is 0.494 e. The van der Waals surface area contributed by atoms with E-state index in [1.54, 1.807) is 32.9 Å². The van der Waals surface area contributed by atoms with Crippen molar-refractivity contribution in [3.8, 4) is 11.5 Å². The van der Waals surface area contributed by atoms with Crippen LogP contribution in [-0.4, -0.2) is 38.4 Å². The third-order valence-corrected chi connectivity index (χ3v) is 2.71. The van der Waals surface area contributed by atoms with Crippen molar-refractivity contribution in [3.05, 3.63) is 17.7 Å². The lowest BCUT2D eigenvalue weighted by molar-refractivity contribution is -0.115. The number of aryl methyl sites for hydroxylation is 1. The predicted molar refractivity (Wildman–Crippen MR) is 87.1 cm³/mol. The summed E-state index contributed by atoms with van der Waals surface area (Å²) in [6, 6.07) is 3.55. The first-order valence-corrected chi connectivity index (χ1v) is 7.15. The summed E-state index contributed by atoms with van der Waals surface area (Å²) in [6.07, 6.45) is -0.657. The Hall–Kier alpha value is -2.44. The van der Waals surface area contributed by atoms with Crippen LogP contribution in [0.2, 0.25) is 0 Å². The monoisotopic (exact) mass is 324 g/mol. The molecule has 0 saturated carbocycles. The molecule has 0 bridgehead atoms. The van der Waals surface area contributed by atoms with E-state index in [0.29, 0.717) is 17.2 Å². The van der Waals surface area contributed by atoms with Crippen LogP contribution in [0.25, 0.3) is 0 Å². The van der Waals surface area contributed by atoms with Crippen molar-refractivity contribution in [2.75, 3.05) is 26.1 Å². The zero-order chi connectivity index (χ0) is 17.6. The number of carbonyl (C=O) groups is 2. The highest BCUT2D eigenvalue weighted by Crippen LogP contribution is 2.35. The van der Waals surface area contributed by atoms with Crippen LogP contribution >= 0.6 is 0 Å². The topological polar surface area (TPSA) is 85.9 Å². The predicted octanol–water partition coefficient (Wildman–Crippen LogP) is 2.48. The number of nitrogens with one attached hydrogen (secondary N) is 2. The Morgan fingerprint density at radius 1 is 1.09 bits per heavy atom. The Balaban J connectivity index is 2.73. The summed E-state index contributed by atoms with van der Waals surface area (Å²) >= 11 is 0. The molecule has 2 amide bonds. The number of hydrogen-bond donors (Lipinski definition) is 2. The van der Waals surface area contributed by atoms with Crippen LogP contribution < -0.4 is 20.1 Å². The van der Waals surface area contributed by atoms with Gasteiger partial charge in [-0.1, -0.05) is 0 Å². The highest BCUT2D eigenvalue weighted by atomic mass is 16.6. The Labute approximate surface area is 136 Å². The third kappa shape index (κ3) is 6.06. The SMILES string of the molecule is COc1cc(C)cc(OC)c1NC(=O)CNC(=O)OC(C)(C)C. The molecule has 128 valence electrons. The van der Waals surface area contributed by atoms with E-state index in [1.807, 2.05) is 6.92 Å². The molecular formula is C16H24N2O5. The van der Waals surface area contributed by atoms with E-state index in [1.165, 1.54) is 14.2 Å². The van der Waals surface area contributed by atoms with E-state index in [0.717, 1.165) is 5.56 Å².